The van der Waals surface area contributed by atoms with Crippen LogP contribution in [0.25, 0.3) is 11.3 Å². The van der Waals surface area contributed by atoms with Crippen molar-refractivity contribution >= 4 is 27.3 Å². The number of amides is 1. The van der Waals surface area contributed by atoms with Crippen molar-refractivity contribution in [1.82, 2.24) is 15.5 Å². The first-order valence-electron chi connectivity index (χ1n) is 8.16. The average Bonchev–Trinajstić information content (AvgIpc) is 3.11. The molecule has 0 spiro atoms. The number of benzene rings is 2. The van der Waals surface area contributed by atoms with Crippen LogP contribution < -0.4 is 5.32 Å². The summed E-state index contributed by atoms with van der Waals surface area (Å²) in [6.45, 7) is 1.83. The topological polar surface area (TPSA) is 91.9 Å². The minimum atomic E-state index is -3.25. The van der Waals surface area contributed by atoms with Gasteiger partial charge in [-0.2, -0.15) is 5.10 Å². The zero-order valence-corrected chi connectivity index (χ0v) is 16.3. The lowest BCUT2D eigenvalue weighted by Crippen LogP contribution is -2.26. The molecule has 1 unspecified atom stereocenters. The Kier molecular flexibility index (Phi) is 5.34. The molecule has 8 heteroatoms. The number of aromatic nitrogens is 2. The first-order chi connectivity index (χ1) is 12.8. The number of carbonyl (C=O) groups is 1. The largest absolute Gasteiger partial charge is 0.345 e. The Morgan fingerprint density at radius 3 is 2.33 bits per heavy atom. The van der Waals surface area contributed by atoms with Crippen molar-refractivity contribution in [3.05, 3.63) is 70.9 Å². The van der Waals surface area contributed by atoms with Crippen LogP contribution in [0.5, 0.6) is 0 Å². The molecule has 3 aromatic rings. The first kappa shape index (κ1) is 19.1. The fourth-order valence-electron chi connectivity index (χ4n) is 2.66. The Labute approximate surface area is 162 Å². The van der Waals surface area contributed by atoms with E-state index < -0.39 is 9.84 Å². The predicted octanol–water partition coefficient (Wildman–Crippen LogP) is 3.62. The summed E-state index contributed by atoms with van der Waals surface area (Å²) in [5.41, 5.74) is 2.61. The van der Waals surface area contributed by atoms with Crippen molar-refractivity contribution in [3.8, 4) is 11.3 Å². The van der Waals surface area contributed by atoms with Crippen molar-refractivity contribution in [2.75, 3.05) is 6.26 Å². The zero-order valence-electron chi connectivity index (χ0n) is 14.7. The molecular weight excluding hydrogens is 386 g/mol. The smallest absolute Gasteiger partial charge is 0.255 e. The molecule has 0 saturated heterocycles. The number of sulfone groups is 1. The van der Waals surface area contributed by atoms with Gasteiger partial charge in [-0.1, -0.05) is 35.9 Å². The van der Waals surface area contributed by atoms with Gasteiger partial charge in [0.25, 0.3) is 5.91 Å². The minimum Gasteiger partial charge on any atom is -0.345 e. The Balaban J connectivity index is 1.78. The molecule has 0 saturated carbocycles. The van der Waals surface area contributed by atoms with Gasteiger partial charge in [-0.05, 0) is 36.8 Å². The molecule has 0 radical (unpaired) electrons. The number of halogens is 1. The summed E-state index contributed by atoms with van der Waals surface area (Å²) in [5.74, 6) is -0.284. The molecule has 0 aliphatic rings. The lowest BCUT2D eigenvalue weighted by atomic mass is 10.1. The maximum Gasteiger partial charge on any atom is 0.255 e. The second-order valence-electron chi connectivity index (χ2n) is 6.20. The molecule has 0 bridgehead atoms. The van der Waals surface area contributed by atoms with Crippen LogP contribution in [0.15, 0.2) is 59.6 Å². The van der Waals surface area contributed by atoms with Crippen LogP contribution in [0.1, 0.15) is 28.9 Å². The number of nitrogens with zero attached hydrogens (tertiary/aromatic N) is 1. The van der Waals surface area contributed by atoms with Crippen LogP contribution in [0.3, 0.4) is 0 Å². The lowest BCUT2D eigenvalue weighted by Gasteiger charge is -2.15. The minimum absolute atomic E-state index is 0.240. The number of hydrogen-bond donors (Lipinski definition) is 2. The Morgan fingerprint density at radius 2 is 1.74 bits per heavy atom. The van der Waals surface area contributed by atoms with Crippen LogP contribution >= 0.6 is 11.6 Å². The van der Waals surface area contributed by atoms with Crippen LogP contribution in [0.4, 0.5) is 0 Å². The molecule has 2 N–H and O–H groups in total. The van der Waals surface area contributed by atoms with Crippen molar-refractivity contribution < 1.29 is 13.2 Å². The van der Waals surface area contributed by atoms with E-state index >= 15 is 0 Å². The highest BCUT2D eigenvalue weighted by Crippen LogP contribution is 2.24. The molecule has 1 atom stereocenters. The molecule has 0 aliphatic heterocycles. The number of aromatic amines is 1. The van der Waals surface area contributed by atoms with Gasteiger partial charge in [-0.25, -0.2) is 8.42 Å². The number of carbonyl (C=O) groups excluding carboxylic acids is 1. The van der Waals surface area contributed by atoms with Gasteiger partial charge in [0.1, 0.15) is 0 Å². The van der Waals surface area contributed by atoms with E-state index in [4.69, 9.17) is 11.6 Å². The van der Waals surface area contributed by atoms with E-state index in [-0.39, 0.29) is 16.8 Å². The number of rotatable bonds is 5. The summed E-state index contributed by atoms with van der Waals surface area (Å²) in [6, 6.07) is 13.2. The van der Waals surface area contributed by atoms with E-state index in [9.17, 15) is 13.2 Å². The van der Waals surface area contributed by atoms with Crippen LogP contribution in [-0.4, -0.2) is 30.8 Å². The third kappa shape index (κ3) is 4.37. The molecule has 1 heterocycles. The molecule has 1 aromatic heterocycles. The molecule has 1 amide bonds. The Hall–Kier alpha value is -2.64. The van der Waals surface area contributed by atoms with Gasteiger partial charge in [-0.3, -0.25) is 9.89 Å². The van der Waals surface area contributed by atoms with Crippen LogP contribution in [0, 0.1) is 0 Å². The summed E-state index contributed by atoms with van der Waals surface area (Å²) in [5, 5.41) is 10.3. The molecular formula is C19H18ClN3O3S. The van der Waals surface area contributed by atoms with E-state index in [1.54, 1.807) is 36.4 Å². The van der Waals surface area contributed by atoms with Gasteiger partial charge in [0.2, 0.25) is 0 Å². The van der Waals surface area contributed by atoms with Gasteiger partial charge in [0.15, 0.2) is 9.84 Å². The summed E-state index contributed by atoms with van der Waals surface area (Å²) in [4.78, 5) is 12.9. The fraction of sp³-hybridized carbons (Fsp3) is 0.158. The van der Waals surface area contributed by atoms with Crippen LogP contribution in [0.2, 0.25) is 5.02 Å². The standard InChI is InChI=1S/C19H18ClN3O3S/c1-12(13-5-9-16(10-6-13)27(2,25)26)22-19(24)17-11-21-23-18(17)14-3-7-15(20)8-4-14/h3-12H,1-2H3,(H,21,23)(H,22,24). The quantitative estimate of drug-likeness (QED) is 0.680. The predicted molar refractivity (Wildman–Crippen MR) is 104 cm³/mol. The van der Waals surface area contributed by atoms with Crippen molar-refractivity contribution in [2.24, 2.45) is 0 Å². The van der Waals surface area contributed by atoms with E-state index in [1.165, 1.54) is 18.3 Å². The molecule has 27 heavy (non-hydrogen) atoms. The van der Waals surface area contributed by atoms with Gasteiger partial charge in [0.05, 0.1) is 28.4 Å². The zero-order chi connectivity index (χ0) is 19.6. The summed E-state index contributed by atoms with van der Waals surface area (Å²) in [7, 11) is -3.25. The third-order valence-corrected chi connectivity index (χ3v) is 5.55. The Morgan fingerprint density at radius 1 is 1.11 bits per heavy atom. The van der Waals surface area contributed by atoms with E-state index in [0.29, 0.717) is 16.3 Å². The molecule has 0 fully saturated rings. The number of hydrogen-bond acceptors (Lipinski definition) is 4. The average molecular weight is 404 g/mol. The van der Waals surface area contributed by atoms with E-state index in [1.807, 2.05) is 6.92 Å². The molecule has 6 nitrogen and oxygen atoms in total. The fourth-order valence-corrected chi connectivity index (χ4v) is 3.41. The maximum absolute atomic E-state index is 12.7. The summed E-state index contributed by atoms with van der Waals surface area (Å²) >= 11 is 5.91. The van der Waals surface area contributed by atoms with Gasteiger partial charge < -0.3 is 5.32 Å². The van der Waals surface area contributed by atoms with Gasteiger partial charge in [-0.15, -0.1) is 0 Å². The Bertz CT molecular complexity index is 1060. The highest BCUT2D eigenvalue weighted by molar-refractivity contribution is 7.90. The second kappa shape index (κ2) is 7.54. The second-order valence-corrected chi connectivity index (χ2v) is 8.65. The van der Waals surface area contributed by atoms with E-state index in [0.717, 1.165) is 17.4 Å². The normalized spacial score (nSPS) is 12.6. The van der Waals surface area contributed by atoms with Gasteiger partial charge >= 0.3 is 0 Å². The van der Waals surface area contributed by atoms with Gasteiger partial charge in [0, 0.05) is 16.8 Å². The highest BCUT2D eigenvalue weighted by atomic mass is 35.5. The van der Waals surface area contributed by atoms with Crippen molar-refractivity contribution in [3.63, 3.8) is 0 Å². The van der Waals surface area contributed by atoms with Crippen molar-refractivity contribution in [1.29, 1.82) is 0 Å². The van der Waals surface area contributed by atoms with Crippen molar-refractivity contribution in [2.45, 2.75) is 17.9 Å². The SMILES string of the molecule is CC(NC(=O)c1cn[nH]c1-c1ccc(Cl)cc1)c1ccc(S(C)(=O)=O)cc1. The third-order valence-electron chi connectivity index (χ3n) is 4.17. The van der Waals surface area contributed by atoms with E-state index in [2.05, 4.69) is 15.5 Å². The molecule has 0 aliphatic carbocycles. The summed E-state index contributed by atoms with van der Waals surface area (Å²) in [6.07, 6.45) is 2.63. The maximum atomic E-state index is 12.7. The monoisotopic (exact) mass is 403 g/mol. The molecule has 3 rings (SSSR count). The number of nitrogens with one attached hydrogen (secondary N) is 2. The highest BCUT2D eigenvalue weighted by Gasteiger charge is 2.18. The lowest BCUT2D eigenvalue weighted by molar-refractivity contribution is 0.0940. The molecule has 2 aromatic carbocycles. The first-order valence-corrected chi connectivity index (χ1v) is 10.4. The summed E-state index contributed by atoms with van der Waals surface area (Å²) < 4.78 is 23.1. The number of H-pyrrole nitrogens is 1. The van der Waals surface area contributed by atoms with Crippen LogP contribution in [-0.2, 0) is 9.84 Å². The molecule has 140 valence electrons.